The van der Waals surface area contributed by atoms with Crippen molar-refractivity contribution in [1.29, 1.82) is 0 Å². The van der Waals surface area contributed by atoms with Gasteiger partial charge in [-0.1, -0.05) is 47.5 Å². The van der Waals surface area contributed by atoms with Crippen LogP contribution in [-0.4, -0.2) is 57.5 Å². The van der Waals surface area contributed by atoms with Crippen LogP contribution in [0.1, 0.15) is 33.3 Å². The molecule has 3 aromatic rings. The summed E-state index contributed by atoms with van der Waals surface area (Å²) in [6.07, 6.45) is 0. The first kappa shape index (κ1) is 33.0. The fourth-order valence-electron chi connectivity index (χ4n) is 4.12. The van der Waals surface area contributed by atoms with Crippen molar-refractivity contribution in [2.45, 2.75) is 50.7 Å². The fourth-order valence-corrected chi connectivity index (χ4v) is 6.02. The maximum Gasteiger partial charge on any atom is 0.264 e. The van der Waals surface area contributed by atoms with Crippen molar-refractivity contribution in [1.82, 2.24) is 10.2 Å². The third-order valence-electron chi connectivity index (χ3n) is 6.29. The SMILES string of the molecule is COc1ccc(S(=O)(=O)N(CC(=O)N(Cc2ccc(Cl)cc2Cl)[C@H](C)C(=O)NC(C)(C)C)c2ccccc2)cc1OC. The van der Waals surface area contributed by atoms with Gasteiger partial charge in [-0.3, -0.25) is 13.9 Å². The maximum absolute atomic E-state index is 14.0. The Bertz CT molecular complexity index is 1530. The Morgan fingerprint density at radius 2 is 1.57 bits per heavy atom. The number of halogens is 2. The van der Waals surface area contributed by atoms with Gasteiger partial charge in [-0.05, 0) is 69.7 Å². The minimum absolute atomic E-state index is 0.0629. The molecule has 3 rings (SSSR count). The van der Waals surface area contributed by atoms with E-state index in [1.807, 2.05) is 20.8 Å². The molecule has 0 aliphatic heterocycles. The number of nitrogens with one attached hydrogen (secondary N) is 1. The average molecular weight is 637 g/mol. The molecule has 0 saturated carbocycles. The molecule has 3 aromatic carbocycles. The first-order valence-electron chi connectivity index (χ1n) is 13.0. The highest BCUT2D eigenvalue weighted by Crippen LogP contribution is 2.32. The highest BCUT2D eigenvalue weighted by molar-refractivity contribution is 7.92. The van der Waals surface area contributed by atoms with Gasteiger partial charge in [-0.2, -0.15) is 0 Å². The molecule has 0 aliphatic carbocycles. The summed E-state index contributed by atoms with van der Waals surface area (Å²) in [5.41, 5.74) is 0.237. The molecular weight excluding hydrogens is 601 g/mol. The van der Waals surface area contributed by atoms with Crippen molar-refractivity contribution in [3.63, 3.8) is 0 Å². The number of carbonyl (C=O) groups is 2. The zero-order valence-electron chi connectivity index (χ0n) is 24.4. The molecule has 0 aromatic heterocycles. The number of methoxy groups -OCH3 is 2. The van der Waals surface area contributed by atoms with Crippen molar-refractivity contribution < 1.29 is 27.5 Å². The molecule has 0 spiro atoms. The van der Waals surface area contributed by atoms with Crippen LogP contribution < -0.4 is 19.1 Å². The first-order chi connectivity index (χ1) is 19.7. The van der Waals surface area contributed by atoms with E-state index in [1.54, 1.807) is 55.5 Å². The van der Waals surface area contributed by atoms with E-state index in [2.05, 4.69) is 5.32 Å². The number of hydrogen-bond donors (Lipinski definition) is 1. The van der Waals surface area contributed by atoms with Crippen LogP contribution in [-0.2, 0) is 26.2 Å². The van der Waals surface area contributed by atoms with Crippen LogP contribution in [0.15, 0.2) is 71.6 Å². The Kier molecular flexibility index (Phi) is 10.8. The molecule has 42 heavy (non-hydrogen) atoms. The summed E-state index contributed by atoms with van der Waals surface area (Å²) in [7, 11) is -1.45. The number of ether oxygens (including phenoxy) is 2. The van der Waals surface area contributed by atoms with Gasteiger partial charge in [0, 0.05) is 28.2 Å². The summed E-state index contributed by atoms with van der Waals surface area (Å²) in [5, 5.41) is 3.60. The second-order valence-electron chi connectivity index (χ2n) is 10.5. The lowest BCUT2D eigenvalue weighted by atomic mass is 10.1. The second kappa shape index (κ2) is 13.7. The van der Waals surface area contributed by atoms with Gasteiger partial charge in [0.1, 0.15) is 12.6 Å². The number of sulfonamides is 1. The molecule has 9 nitrogen and oxygen atoms in total. The molecule has 0 aliphatic rings. The summed E-state index contributed by atoms with van der Waals surface area (Å²) in [4.78, 5) is 28.5. The summed E-state index contributed by atoms with van der Waals surface area (Å²) < 4.78 is 39.7. The van der Waals surface area contributed by atoms with Gasteiger partial charge in [-0.15, -0.1) is 0 Å². The van der Waals surface area contributed by atoms with E-state index < -0.39 is 40.0 Å². The van der Waals surface area contributed by atoms with E-state index in [4.69, 9.17) is 32.7 Å². The first-order valence-corrected chi connectivity index (χ1v) is 15.2. The standard InChI is InChI=1S/C30H35Cl2N3O6S/c1-20(29(37)33-30(2,3)4)34(18-21-12-13-22(31)16-25(21)32)28(36)19-35(23-10-8-7-9-11-23)42(38,39)24-14-15-26(40-5)27(17-24)41-6/h7-17,20H,18-19H2,1-6H3,(H,33,37)/t20-/m1/s1. The number of anilines is 1. The van der Waals surface area contributed by atoms with Crippen molar-refractivity contribution in [2.75, 3.05) is 25.1 Å². The molecule has 0 heterocycles. The Morgan fingerprint density at radius 1 is 0.929 bits per heavy atom. The summed E-state index contributed by atoms with van der Waals surface area (Å²) in [5.74, 6) is -0.465. The molecule has 226 valence electrons. The van der Waals surface area contributed by atoms with Gasteiger partial charge >= 0.3 is 0 Å². The molecule has 0 unspecified atom stereocenters. The number of amides is 2. The molecule has 1 N–H and O–H groups in total. The number of nitrogens with zero attached hydrogens (tertiary/aromatic N) is 2. The van der Waals surface area contributed by atoms with Crippen molar-refractivity contribution in [3.05, 3.63) is 82.3 Å². The van der Waals surface area contributed by atoms with E-state index in [1.165, 1.54) is 37.3 Å². The molecule has 12 heteroatoms. The van der Waals surface area contributed by atoms with E-state index in [-0.39, 0.29) is 22.9 Å². The Balaban J connectivity index is 2.07. The van der Waals surface area contributed by atoms with Crippen molar-refractivity contribution >= 4 is 50.7 Å². The summed E-state index contributed by atoms with van der Waals surface area (Å²) >= 11 is 12.5. The largest absolute Gasteiger partial charge is 0.493 e. The Labute approximate surface area is 257 Å². The summed E-state index contributed by atoms with van der Waals surface area (Å²) in [6, 6.07) is 16.3. The van der Waals surface area contributed by atoms with Crippen LogP contribution >= 0.6 is 23.2 Å². The number of para-hydroxylation sites is 1. The van der Waals surface area contributed by atoms with Crippen LogP contribution in [0.3, 0.4) is 0 Å². The van der Waals surface area contributed by atoms with E-state index in [0.717, 1.165) is 4.31 Å². The predicted molar refractivity (Wildman–Crippen MR) is 165 cm³/mol. The smallest absolute Gasteiger partial charge is 0.264 e. The minimum Gasteiger partial charge on any atom is -0.493 e. The van der Waals surface area contributed by atoms with Gasteiger partial charge in [0.2, 0.25) is 11.8 Å². The average Bonchev–Trinajstić information content (AvgIpc) is 2.94. The highest BCUT2D eigenvalue weighted by Gasteiger charge is 2.34. The zero-order valence-corrected chi connectivity index (χ0v) is 26.7. The lowest BCUT2D eigenvalue weighted by molar-refractivity contribution is -0.140. The topological polar surface area (TPSA) is 105 Å². The quantitative estimate of drug-likeness (QED) is 0.297. The van der Waals surface area contributed by atoms with Crippen molar-refractivity contribution in [2.24, 2.45) is 0 Å². The van der Waals surface area contributed by atoms with Crippen LogP contribution in [0.4, 0.5) is 5.69 Å². The maximum atomic E-state index is 14.0. The zero-order chi connectivity index (χ0) is 31.2. The second-order valence-corrected chi connectivity index (χ2v) is 13.2. The monoisotopic (exact) mass is 635 g/mol. The number of rotatable bonds is 11. The molecule has 2 amide bonds. The minimum atomic E-state index is -4.30. The van der Waals surface area contributed by atoms with Gasteiger partial charge in [-0.25, -0.2) is 8.42 Å². The Morgan fingerprint density at radius 3 is 2.14 bits per heavy atom. The van der Waals surface area contributed by atoms with E-state index in [0.29, 0.717) is 21.4 Å². The number of hydrogen-bond acceptors (Lipinski definition) is 6. The van der Waals surface area contributed by atoms with Crippen LogP contribution in [0, 0.1) is 0 Å². The molecule has 0 bridgehead atoms. The van der Waals surface area contributed by atoms with Gasteiger partial charge in [0.15, 0.2) is 11.5 Å². The summed E-state index contributed by atoms with van der Waals surface area (Å²) in [6.45, 7) is 6.40. The lowest BCUT2D eigenvalue weighted by Crippen LogP contribution is -2.54. The Hall–Kier alpha value is -3.47. The van der Waals surface area contributed by atoms with Gasteiger partial charge in [0.05, 0.1) is 24.8 Å². The van der Waals surface area contributed by atoms with Crippen molar-refractivity contribution in [3.8, 4) is 11.5 Å². The van der Waals surface area contributed by atoms with Gasteiger partial charge < -0.3 is 19.7 Å². The normalized spacial score (nSPS) is 12.3. The van der Waals surface area contributed by atoms with E-state index >= 15 is 0 Å². The molecule has 0 radical (unpaired) electrons. The highest BCUT2D eigenvalue weighted by atomic mass is 35.5. The lowest BCUT2D eigenvalue weighted by Gasteiger charge is -2.33. The molecule has 0 fully saturated rings. The van der Waals surface area contributed by atoms with Crippen LogP contribution in [0.2, 0.25) is 10.0 Å². The number of carbonyl (C=O) groups excluding carboxylic acids is 2. The third kappa shape index (κ3) is 8.08. The molecule has 0 saturated heterocycles. The predicted octanol–water partition coefficient (Wildman–Crippen LogP) is 5.54. The molecule has 1 atom stereocenters. The third-order valence-corrected chi connectivity index (χ3v) is 8.64. The molecular formula is C30H35Cl2N3O6S. The van der Waals surface area contributed by atoms with Crippen LogP contribution in [0.25, 0.3) is 0 Å². The van der Waals surface area contributed by atoms with Crippen LogP contribution in [0.5, 0.6) is 11.5 Å². The number of benzene rings is 3. The van der Waals surface area contributed by atoms with E-state index in [9.17, 15) is 18.0 Å². The van der Waals surface area contributed by atoms with Gasteiger partial charge in [0.25, 0.3) is 10.0 Å². The fraction of sp³-hybridized carbons (Fsp3) is 0.333.